The normalized spacial score (nSPS) is 12.5. The first-order valence-electron chi connectivity index (χ1n) is 8.25. The van der Waals surface area contributed by atoms with E-state index in [-0.39, 0.29) is 11.5 Å². The van der Waals surface area contributed by atoms with E-state index in [1.165, 1.54) is 32.0 Å². The minimum absolute atomic E-state index is 0.136. The van der Waals surface area contributed by atoms with E-state index in [0.29, 0.717) is 5.69 Å². The third-order valence-corrected chi connectivity index (χ3v) is 4.00. The number of carbonyl (C=O) groups is 5. The molecule has 0 saturated heterocycles. The number of hydrogen-bond donors (Lipinski definition) is 3. The van der Waals surface area contributed by atoms with Crippen LogP contribution in [0.15, 0.2) is 24.3 Å². The number of carbonyl (C=O) groups excluding carboxylic acids is 5. The summed E-state index contributed by atoms with van der Waals surface area (Å²) in [5, 5.41) is 4.94. The third-order valence-electron chi connectivity index (χ3n) is 4.00. The van der Waals surface area contributed by atoms with E-state index in [4.69, 9.17) is 5.73 Å². The standard InChI is InChI=1S/C18H23N3O7/c1-9(13(17(25)27-3)18(26)28-4)14(15(19)23)21-16(24)11-6-5-7-12(8-11)20-10(2)22/h5-9,13-14H,1-4H3,(H2,19,23)(H,20,22)(H,21,24)/t9-,14+/m0/s1. The summed E-state index contributed by atoms with van der Waals surface area (Å²) in [5.74, 6) is -6.30. The third kappa shape index (κ3) is 5.79. The Kier molecular flexibility index (Phi) is 8.11. The van der Waals surface area contributed by atoms with Gasteiger partial charge in [0.2, 0.25) is 11.8 Å². The molecule has 0 spiro atoms. The molecule has 0 bridgehead atoms. The van der Waals surface area contributed by atoms with Crippen molar-refractivity contribution in [2.45, 2.75) is 19.9 Å². The summed E-state index contributed by atoms with van der Waals surface area (Å²) >= 11 is 0. The molecule has 10 heteroatoms. The number of nitrogens with two attached hydrogens (primary N) is 1. The summed E-state index contributed by atoms with van der Waals surface area (Å²) in [4.78, 5) is 59.5. The molecule has 0 radical (unpaired) electrons. The summed E-state index contributed by atoms with van der Waals surface area (Å²) in [6.45, 7) is 2.71. The highest BCUT2D eigenvalue weighted by atomic mass is 16.5. The number of benzene rings is 1. The number of primary amides is 1. The van der Waals surface area contributed by atoms with Gasteiger partial charge >= 0.3 is 11.9 Å². The van der Waals surface area contributed by atoms with Crippen molar-refractivity contribution >= 4 is 35.3 Å². The first-order chi connectivity index (χ1) is 13.1. The second-order valence-electron chi connectivity index (χ2n) is 6.00. The molecule has 0 aromatic heterocycles. The first-order valence-corrected chi connectivity index (χ1v) is 8.25. The first kappa shape index (κ1) is 22.6. The summed E-state index contributed by atoms with van der Waals surface area (Å²) < 4.78 is 9.17. The molecule has 1 aromatic rings. The van der Waals surface area contributed by atoms with Crippen LogP contribution in [0.3, 0.4) is 0 Å². The van der Waals surface area contributed by atoms with Crippen LogP contribution in [-0.4, -0.2) is 49.9 Å². The van der Waals surface area contributed by atoms with Gasteiger partial charge in [0, 0.05) is 24.1 Å². The number of anilines is 1. The smallest absolute Gasteiger partial charge is 0.320 e. The maximum atomic E-state index is 12.5. The van der Waals surface area contributed by atoms with Gasteiger partial charge in [0.15, 0.2) is 5.92 Å². The molecule has 0 fully saturated rings. The summed E-state index contributed by atoms with van der Waals surface area (Å²) in [7, 11) is 2.16. The van der Waals surface area contributed by atoms with Gasteiger partial charge in [-0.2, -0.15) is 0 Å². The van der Waals surface area contributed by atoms with Crippen LogP contribution >= 0.6 is 0 Å². The molecule has 0 aliphatic heterocycles. The molecule has 10 nitrogen and oxygen atoms in total. The van der Waals surface area contributed by atoms with Crippen molar-refractivity contribution in [1.82, 2.24) is 5.32 Å². The lowest BCUT2D eigenvalue weighted by Gasteiger charge is -2.26. The quantitative estimate of drug-likeness (QED) is 0.409. The average molecular weight is 393 g/mol. The van der Waals surface area contributed by atoms with Gasteiger partial charge < -0.3 is 25.8 Å². The Morgan fingerprint density at radius 2 is 1.61 bits per heavy atom. The summed E-state index contributed by atoms with van der Waals surface area (Å²) in [6.07, 6.45) is 0. The van der Waals surface area contributed by atoms with Crippen LogP contribution in [0, 0.1) is 11.8 Å². The molecule has 28 heavy (non-hydrogen) atoms. The summed E-state index contributed by atoms with van der Waals surface area (Å²) in [6, 6.07) is 4.62. The van der Waals surface area contributed by atoms with Crippen molar-refractivity contribution in [2.75, 3.05) is 19.5 Å². The lowest BCUT2D eigenvalue weighted by Crippen LogP contribution is -2.52. The van der Waals surface area contributed by atoms with Gasteiger partial charge in [-0.05, 0) is 18.2 Å². The van der Waals surface area contributed by atoms with Gasteiger partial charge in [-0.25, -0.2) is 0 Å². The maximum Gasteiger partial charge on any atom is 0.320 e. The lowest BCUT2D eigenvalue weighted by molar-refractivity contribution is -0.162. The maximum absolute atomic E-state index is 12.5. The molecule has 0 aliphatic rings. The van der Waals surface area contributed by atoms with Crippen LogP contribution in [0.2, 0.25) is 0 Å². The molecule has 1 aromatic carbocycles. The molecule has 0 aliphatic carbocycles. The Balaban J connectivity index is 3.10. The van der Waals surface area contributed by atoms with Gasteiger partial charge in [0.05, 0.1) is 14.2 Å². The van der Waals surface area contributed by atoms with Gasteiger partial charge in [0.25, 0.3) is 5.91 Å². The molecule has 3 amide bonds. The van der Waals surface area contributed by atoms with Crippen molar-refractivity contribution in [3.8, 4) is 0 Å². The van der Waals surface area contributed by atoms with E-state index < -0.39 is 41.6 Å². The predicted molar refractivity (Wildman–Crippen MR) is 97.9 cm³/mol. The van der Waals surface area contributed by atoms with E-state index in [2.05, 4.69) is 20.1 Å². The Hall–Kier alpha value is -3.43. The molecule has 0 heterocycles. The van der Waals surface area contributed by atoms with E-state index in [1.54, 1.807) is 6.07 Å². The minimum Gasteiger partial charge on any atom is -0.468 e. The highest BCUT2D eigenvalue weighted by Crippen LogP contribution is 2.20. The molecule has 0 unspecified atom stereocenters. The summed E-state index contributed by atoms with van der Waals surface area (Å²) in [5.41, 5.74) is 5.88. The highest BCUT2D eigenvalue weighted by Gasteiger charge is 2.41. The van der Waals surface area contributed by atoms with E-state index >= 15 is 0 Å². The average Bonchev–Trinajstić information content (AvgIpc) is 2.64. The number of ether oxygens (including phenoxy) is 2. The molecule has 0 saturated carbocycles. The van der Waals surface area contributed by atoms with Crippen molar-refractivity contribution in [3.05, 3.63) is 29.8 Å². The van der Waals surface area contributed by atoms with Gasteiger partial charge in [0.1, 0.15) is 6.04 Å². The monoisotopic (exact) mass is 393 g/mol. The van der Waals surface area contributed by atoms with Crippen LogP contribution in [-0.2, 0) is 28.7 Å². The topological polar surface area (TPSA) is 154 Å². The largest absolute Gasteiger partial charge is 0.468 e. The number of rotatable bonds is 8. The lowest BCUT2D eigenvalue weighted by atomic mass is 9.86. The Morgan fingerprint density at radius 1 is 1.04 bits per heavy atom. The molecule has 152 valence electrons. The molecule has 4 N–H and O–H groups in total. The fraction of sp³-hybridized carbons (Fsp3) is 0.389. The molecule has 1 rings (SSSR count). The molecule has 2 atom stereocenters. The second kappa shape index (κ2) is 10.0. The Morgan fingerprint density at radius 3 is 2.07 bits per heavy atom. The molecular weight excluding hydrogens is 370 g/mol. The van der Waals surface area contributed by atoms with Crippen LogP contribution in [0.1, 0.15) is 24.2 Å². The number of amides is 3. The van der Waals surface area contributed by atoms with Crippen molar-refractivity contribution in [2.24, 2.45) is 17.6 Å². The zero-order valence-electron chi connectivity index (χ0n) is 16.0. The molecular formula is C18H23N3O7. The SMILES string of the molecule is COC(=O)C(C(=O)OC)[C@H](C)[C@@H](NC(=O)c1cccc(NC(C)=O)c1)C(N)=O. The van der Waals surface area contributed by atoms with Crippen LogP contribution in [0.4, 0.5) is 5.69 Å². The van der Waals surface area contributed by atoms with E-state index in [0.717, 1.165) is 14.2 Å². The van der Waals surface area contributed by atoms with Gasteiger partial charge in [-0.15, -0.1) is 0 Å². The fourth-order valence-electron chi connectivity index (χ4n) is 2.60. The Bertz CT molecular complexity index is 762. The van der Waals surface area contributed by atoms with Crippen molar-refractivity contribution in [1.29, 1.82) is 0 Å². The zero-order valence-corrected chi connectivity index (χ0v) is 16.0. The minimum atomic E-state index is -1.46. The van der Waals surface area contributed by atoms with Crippen molar-refractivity contribution in [3.63, 3.8) is 0 Å². The Labute approximate surface area is 161 Å². The number of hydrogen-bond acceptors (Lipinski definition) is 7. The van der Waals surface area contributed by atoms with Crippen LogP contribution < -0.4 is 16.4 Å². The zero-order chi connectivity index (χ0) is 21.4. The second-order valence-corrected chi connectivity index (χ2v) is 6.00. The highest BCUT2D eigenvalue weighted by molar-refractivity contribution is 6.00. The predicted octanol–water partition coefficient (Wildman–Crippen LogP) is -0.173. The number of methoxy groups -OCH3 is 2. The van der Waals surface area contributed by atoms with E-state index in [1.807, 2.05) is 0 Å². The van der Waals surface area contributed by atoms with Crippen molar-refractivity contribution < 1.29 is 33.4 Å². The number of esters is 2. The van der Waals surface area contributed by atoms with Crippen LogP contribution in [0.5, 0.6) is 0 Å². The van der Waals surface area contributed by atoms with Crippen LogP contribution in [0.25, 0.3) is 0 Å². The van der Waals surface area contributed by atoms with Gasteiger partial charge in [-0.3, -0.25) is 24.0 Å². The van der Waals surface area contributed by atoms with E-state index in [9.17, 15) is 24.0 Å². The van der Waals surface area contributed by atoms with Gasteiger partial charge in [-0.1, -0.05) is 13.0 Å². The number of nitrogens with one attached hydrogen (secondary N) is 2. The fourth-order valence-corrected chi connectivity index (χ4v) is 2.60.